The summed E-state index contributed by atoms with van der Waals surface area (Å²) in [5.74, 6) is -2.31. The van der Waals surface area contributed by atoms with Crippen LogP contribution in [0, 0.1) is 29.4 Å². The first-order valence-corrected chi connectivity index (χ1v) is 16.7. The highest BCUT2D eigenvalue weighted by molar-refractivity contribution is 7.93. The summed E-state index contributed by atoms with van der Waals surface area (Å²) in [5, 5.41) is 12.7. The van der Waals surface area contributed by atoms with E-state index in [1.807, 2.05) is 19.0 Å². The molecule has 0 amide bonds. The second-order valence-electron chi connectivity index (χ2n) is 9.24. The van der Waals surface area contributed by atoms with Gasteiger partial charge in [-0.15, -0.1) is 4.36 Å². The van der Waals surface area contributed by atoms with Gasteiger partial charge in [0.15, 0.2) is 6.20 Å². The van der Waals surface area contributed by atoms with E-state index in [1.54, 1.807) is 26.1 Å². The molecule has 0 spiro atoms. The van der Waals surface area contributed by atoms with Gasteiger partial charge in [0.1, 0.15) is 17.5 Å². The van der Waals surface area contributed by atoms with Crippen molar-refractivity contribution in [2.24, 2.45) is 4.36 Å². The van der Waals surface area contributed by atoms with Crippen molar-refractivity contribution in [1.82, 2.24) is 21.0 Å². The summed E-state index contributed by atoms with van der Waals surface area (Å²) < 4.78 is 93.6. The summed E-state index contributed by atoms with van der Waals surface area (Å²) in [5.41, 5.74) is -0.464. The number of nitriles is 2. The topological polar surface area (TPSA) is 209 Å². The number of carbonyl (C=O) groups excluding carboxylic acids is 1. The number of ether oxygens (including phenoxy) is 1. The van der Waals surface area contributed by atoms with Crippen molar-refractivity contribution in [2.75, 3.05) is 27.0 Å². The van der Waals surface area contributed by atoms with E-state index in [4.69, 9.17) is 38.6 Å². The Morgan fingerprint density at radius 1 is 1.07 bits per heavy atom. The van der Waals surface area contributed by atoms with Crippen molar-refractivity contribution in [3.63, 3.8) is 0 Å². The van der Waals surface area contributed by atoms with Gasteiger partial charge < -0.3 is 20.9 Å². The molecule has 0 fully saturated rings. The lowest BCUT2D eigenvalue weighted by Crippen LogP contribution is -2.18. The summed E-state index contributed by atoms with van der Waals surface area (Å²) >= 11 is 13.9. The van der Waals surface area contributed by atoms with Crippen LogP contribution in [0.1, 0.15) is 56.0 Å². The van der Waals surface area contributed by atoms with E-state index in [2.05, 4.69) is 47.1 Å². The molecule has 2 rings (SSSR count). The van der Waals surface area contributed by atoms with Gasteiger partial charge in [0.05, 0.1) is 40.0 Å². The van der Waals surface area contributed by atoms with E-state index in [0.29, 0.717) is 18.2 Å². The third-order valence-electron chi connectivity index (χ3n) is 4.81. The number of alkyl halides is 9. The van der Waals surface area contributed by atoms with E-state index in [0.717, 1.165) is 37.7 Å². The van der Waals surface area contributed by atoms with Crippen LogP contribution < -0.4 is 6.15 Å². The second kappa shape index (κ2) is 28.8. The Labute approximate surface area is 325 Å². The van der Waals surface area contributed by atoms with Gasteiger partial charge in [-0.2, -0.15) is 36.9 Å². The maximum absolute atomic E-state index is 12.7. The number of carboxylic acids is 1. The van der Waals surface area contributed by atoms with Crippen molar-refractivity contribution >= 4 is 56.3 Å². The number of aliphatic carboxylic acids is 1. The van der Waals surface area contributed by atoms with Crippen LogP contribution in [0.2, 0.25) is 0 Å². The fourth-order valence-corrected chi connectivity index (χ4v) is 3.57. The number of halogens is 9. The molecule has 54 heavy (non-hydrogen) atoms. The highest BCUT2D eigenvalue weighted by Gasteiger charge is 2.33. The Balaban J connectivity index is -0.000000197. The van der Waals surface area contributed by atoms with Crippen molar-refractivity contribution < 1.29 is 50.0 Å². The summed E-state index contributed by atoms with van der Waals surface area (Å²) in [4.78, 5) is 30.9. The Kier molecular flexibility index (Phi) is 31.3. The number of nitrogens with zero attached hydrogens (tertiary/aromatic N) is 7. The first-order chi connectivity index (χ1) is 23.7. The second-order valence-corrected chi connectivity index (χ2v) is 13.3. The lowest BCUT2D eigenvalue weighted by molar-refractivity contribution is -0.134. The van der Waals surface area contributed by atoms with Crippen LogP contribution in [-0.2, 0) is 34.8 Å². The molecular formula is C31H39Cl3F6N8O5S. The fraction of sp³-hybridized carbons (Fsp3) is 0.387. The molecule has 0 saturated heterocycles. The Morgan fingerprint density at radius 3 is 1.81 bits per heavy atom. The number of carboxylic acid groups (broad SMARTS) is 1. The highest BCUT2D eigenvalue weighted by Crippen LogP contribution is 2.32. The highest BCUT2D eigenvalue weighted by atomic mass is 35.5. The van der Waals surface area contributed by atoms with E-state index in [9.17, 15) is 35.3 Å². The number of allylic oxidation sites excluding steroid dienone is 1. The molecular weight excluding hydrogens is 817 g/mol. The molecule has 0 aliphatic carbocycles. The van der Waals surface area contributed by atoms with Crippen LogP contribution >= 0.6 is 34.8 Å². The Hall–Kier alpha value is -4.65. The Bertz CT molecular complexity index is 1700. The largest absolute Gasteiger partial charge is 0.501 e. The molecule has 23 heteroatoms. The minimum Gasteiger partial charge on any atom is -0.501 e. The van der Waals surface area contributed by atoms with Gasteiger partial charge in [-0.3, -0.25) is 19.6 Å². The SMILES string of the molecule is C.CC(=O)O.CC(c1ccc(C(F)(F)Cl)nc1)S(C)(=O)=NC#N.CCO/C=C/C(=O)C(F)(F)Cl.N.N#Cc1ccc(C(F)(F)Cl)nc1.[C-]#[N+]/C=C/N(C)C. The predicted octanol–water partition coefficient (Wildman–Crippen LogP) is 9.02. The number of rotatable bonds is 9. The van der Waals surface area contributed by atoms with Crippen molar-refractivity contribution in [1.29, 1.82) is 10.5 Å². The molecule has 0 saturated carbocycles. The molecule has 0 radical (unpaired) electrons. The van der Waals surface area contributed by atoms with E-state index < -0.39 is 54.3 Å². The average Bonchev–Trinajstić information content (AvgIpc) is 3.03. The monoisotopic (exact) mass is 854 g/mol. The minimum absolute atomic E-state index is 0. The normalized spacial score (nSPS) is 11.9. The molecule has 2 aromatic rings. The Morgan fingerprint density at radius 2 is 1.54 bits per heavy atom. The summed E-state index contributed by atoms with van der Waals surface area (Å²) in [7, 11) is 0.995. The fourth-order valence-electron chi connectivity index (χ4n) is 2.32. The lowest BCUT2D eigenvalue weighted by atomic mass is 10.2. The van der Waals surface area contributed by atoms with Crippen molar-refractivity contribution in [2.45, 2.75) is 49.6 Å². The third kappa shape index (κ3) is 29.9. The number of pyridine rings is 2. The maximum Gasteiger partial charge on any atom is 0.384 e. The van der Waals surface area contributed by atoms with Crippen LogP contribution in [0.15, 0.2) is 65.8 Å². The summed E-state index contributed by atoms with van der Waals surface area (Å²) in [6, 6.07) is 6.41. The van der Waals surface area contributed by atoms with Gasteiger partial charge in [-0.1, -0.05) is 13.5 Å². The third-order valence-corrected chi connectivity index (χ3v) is 7.41. The molecule has 2 heterocycles. The van der Waals surface area contributed by atoms with Crippen LogP contribution in [0.5, 0.6) is 0 Å². The van der Waals surface area contributed by atoms with Gasteiger partial charge in [-0.05, 0) is 78.6 Å². The maximum atomic E-state index is 12.7. The van der Waals surface area contributed by atoms with Crippen LogP contribution in [0.4, 0.5) is 26.3 Å². The first kappa shape index (κ1) is 58.7. The number of carbonyl (C=O) groups is 2. The van der Waals surface area contributed by atoms with Crippen molar-refractivity contribution in [3.05, 3.63) is 95.3 Å². The minimum atomic E-state index is -3.83. The van der Waals surface area contributed by atoms with E-state index in [-0.39, 0.29) is 19.1 Å². The van der Waals surface area contributed by atoms with E-state index in [1.165, 1.54) is 30.8 Å². The molecule has 2 aromatic heterocycles. The van der Waals surface area contributed by atoms with Crippen LogP contribution in [0.25, 0.3) is 4.85 Å². The summed E-state index contributed by atoms with van der Waals surface area (Å²) in [6.45, 7) is 11.0. The zero-order chi connectivity index (χ0) is 41.3. The molecule has 302 valence electrons. The quantitative estimate of drug-likeness (QED) is 0.0607. The van der Waals surface area contributed by atoms with Gasteiger partial charge in [0, 0.05) is 45.7 Å². The van der Waals surface area contributed by atoms with Gasteiger partial charge in [0.25, 0.3) is 5.97 Å². The van der Waals surface area contributed by atoms with Gasteiger partial charge in [0.2, 0.25) is 12.0 Å². The molecule has 0 bridgehead atoms. The molecule has 2 atom stereocenters. The smallest absolute Gasteiger partial charge is 0.384 e. The van der Waals surface area contributed by atoms with E-state index >= 15 is 0 Å². The molecule has 0 aliphatic rings. The summed E-state index contributed by atoms with van der Waals surface area (Å²) in [6.07, 6.45) is 9.61. The zero-order valence-corrected chi connectivity index (χ0v) is 31.9. The number of hydrogen-bond donors (Lipinski definition) is 2. The van der Waals surface area contributed by atoms with Crippen LogP contribution in [-0.4, -0.2) is 68.3 Å². The number of aromatic nitrogens is 2. The van der Waals surface area contributed by atoms with Gasteiger partial charge in [-0.25, -0.2) is 9.05 Å². The zero-order valence-electron chi connectivity index (χ0n) is 28.8. The first-order valence-electron chi connectivity index (χ1n) is 13.5. The number of ketones is 1. The molecule has 2 unspecified atom stereocenters. The average molecular weight is 856 g/mol. The molecule has 13 nitrogen and oxygen atoms in total. The lowest BCUT2D eigenvalue weighted by Gasteiger charge is -2.13. The van der Waals surface area contributed by atoms with Gasteiger partial charge >= 0.3 is 16.1 Å². The predicted molar refractivity (Wildman–Crippen MR) is 194 cm³/mol. The molecule has 4 N–H and O–H groups in total. The van der Waals surface area contributed by atoms with Crippen molar-refractivity contribution in [3.8, 4) is 12.3 Å². The van der Waals surface area contributed by atoms with Crippen LogP contribution in [0.3, 0.4) is 0 Å². The standard InChI is InChI=1S/C10H10ClF2N3OS.C7H3ClF2N2.C6H7ClF2O2.C5H8N2.C2H4O2.CH4.H3N/c1-7(18(2,17)16-6-14)8-3-4-9(15-5-8)10(11,12)13;8-7(9,10)6-2-1-5(3-11)4-12-6;1-2-11-4-3-5(10)6(7,8)9;1-6-4-5-7(2)3;1-2(3)4;;/h3-5,7H,1-2H3;1-2,4H;3-4H,2H2,1H3;4-5H,2-3H3;1H3,(H,3,4);1H4;1H3/b;;4-3+;5-4+;;;. The molecule has 0 aliphatic heterocycles. The molecule has 0 aromatic carbocycles. The number of hydrogen-bond acceptors (Lipinski definition) is 11.